The van der Waals surface area contributed by atoms with Crippen molar-refractivity contribution in [3.8, 4) is 0 Å². The topological polar surface area (TPSA) is 26.0 Å². The third kappa shape index (κ3) is 1.89. The van der Waals surface area contributed by atoms with Gasteiger partial charge in [-0.05, 0) is 53.7 Å². The molecule has 1 heterocycles. The number of nitrogens with two attached hydrogens (primary N) is 1. The van der Waals surface area contributed by atoms with Gasteiger partial charge in [-0.3, -0.25) is 0 Å². The monoisotopic (exact) mass is 233 g/mol. The lowest BCUT2D eigenvalue weighted by Crippen LogP contribution is -2.34. The molecule has 1 saturated heterocycles. The van der Waals surface area contributed by atoms with E-state index < -0.39 is 0 Å². The van der Waals surface area contributed by atoms with Crippen LogP contribution in [0.2, 0.25) is 0 Å². The van der Waals surface area contributed by atoms with Gasteiger partial charge in [0.05, 0.1) is 0 Å². The van der Waals surface area contributed by atoms with Crippen molar-refractivity contribution < 1.29 is 0 Å². The standard InChI is InChI=1S/C14H19NS/c15-14(11-5-6-16-9-11)8-12-7-10-3-1-2-4-13(10)12/h1-4,11-12,14H,5-9,15H2. The highest BCUT2D eigenvalue weighted by Gasteiger charge is 2.30. The fourth-order valence-electron chi connectivity index (χ4n) is 2.98. The van der Waals surface area contributed by atoms with Crippen molar-refractivity contribution in [2.24, 2.45) is 11.7 Å². The van der Waals surface area contributed by atoms with Gasteiger partial charge in [-0.2, -0.15) is 11.8 Å². The summed E-state index contributed by atoms with van der Waals surface area (Å²) in [6.45, 7) is 0. The summed E-state index contributed by atoms with van der Waals surface area (Å²) in [5.74, 6) is 4.13. The molecular weight excluding hydrogens is 214 g/mol. The van der Waals surface area contributed by atoms with Crippen molar-refractivity contribution in [1.82, 2.24) is 0 Å². The van der Waals surface area contributed by atoms with Gasteiger partial charge in [0.25, 0.3) is 0 Å². The zero-order valence-electron chi connectivity index (χ0n) is 9.56. The first-order valence-corrected chi connectivity index (χ1v) is 7.41. The van der Waals surface area contributed by atoms with E-state index in [1.165, 1.54) is 30.8 Å². The number of hydrogen-bond donors (Lipinski definition) is 1. The fourth-order valence-corrected chi connectivity index (χ4v) is 4.34. The van der Waals surface area contributed by atoms with E-state index in [0.29, 0.717) is 6.04 Å². The van der Waals surface area contributed by atoms with Gasteiger partial charge in [0.1, 0.15) is 0 Å². The lowest BCUT2D eigenvalue weighted by molar-refractivity contribution is 0.391. The average molecular weight is 233 g/mol. The molecule has 0 aromatic heterocycles. The normalized spacial score (nSPS) is 29.6. The van der Waals surface area contributed by atoms with Gasteiger partial charge in [0.15, 0.2) is 0 Å². The van der Waals surface area contributed by atoms with Crippen molar-refractivity contribution in [2.75, 3.05) is 11.5 Å². The highest BCUT2D eigenvalue weighted by atomic mass is 32.2. The van der Waals surface area contributed by atoms with E-state index in [-0.39, 0.29) is 0 Å². The Bertz CT molecular complexity index is 371. The summed E-state index contributed by atoms with van der Waals surface area (Å²) < 4.78 is 0. The van der Waals surface area contributed by atoms with E-state index >= 15 is 0 Å². The Labute approximate surface area is 102 Å². The Kier molecular flexibility index (Phi) is 2.95. The molecule has 1 aliphatic carbocycles. The first kappa shape index (κ1) is 10.7. The Balaban J connectivity index is 1.61. The summed E-state index contributed by atoms with van der Waals surface area (Å²) in [7, 11) is 0. The van der Waals surface area contributed by atoms with E-state index in [9.17, 15) is 0 Å². The molecule has 1 aromatic rings. The fraction of sp³-hybridized carbons (Fsp3) is 0.571. The largest absolute Gasteiger partial charge is 0.327 e. The highest BCUT2D eigenvalue weighted by Crippen LogP contribution is 2.39. The molecule has 3 atom stereocenters. The molecule has 0 radical (unpaired) electrons. The maximum atomic E-state index is 6.33. The van der Waals surface area contributed by atoms with Crippen LogP contribution in [-0.2, 0) is 6.42 Å². The minimum Gasteiger partial charge on any atom is -0.327 e. The van der Waals surface area contributed by atoms with Crippen LogP contribution in [0.3, 0.4) is 0 Å². The second-order valence-electron chi connectivity index (χ2n) is 5.12. The number of rotatable bonds is 3. The summed E-state index contributed by atoms with van der Waals surface area (Å²) in [5, 5.41) is 0. The van der Waals surface area contributed by atoms with Crippen LogP contribution < -0.4 is 5.73 Å². The summed E-state index contributed by atoms with van der Waals surface area (Å²) in [4.78, 5) is 0. The Hall–Kier alpha value is -0.470. The zero-order valence-corrected chi connectivity index (χ0v) is 10.4. The lowest BCUT2D eigenvalue weighted by atomic mass is 9.73. The number of benzene rings is 1. The summed E-state index contributed by atoms with van der Waals surface area (Å²) in [5.41, 5.74) is 9.43. The average Bonchev–Trinajstić information content (AvgIpc) is 2.79. The Morgan fingerprint density at radius 3 is 3.00 bits per heavy atom. The van der Waals surface area contributed by atoms with Crippen molar-refractivity contribution in [1.29, 1.82) is 0 Å². The molecule has 1 fully saturated rings. The van der Waals surface area contributed by atoms with Crippen molar-refractivity contribution in [3.63, 3.8) is 0 Å². The van der Waals surface area contributed by atoms with Crippen LogP contribution in [-0.4, -0.2) is 17.5 Å². The van der Waals surface area contributed by atoms with Crippen LogP contribution in [0.1, 0.15) is 29.9 Å². The maximum Gasteiger partial charge on any atom is 0.00812 e. The molecule has 16 heavy (non-hydrogen) atoms. The van der Waals surface area contributed by atoms with Crippen LogP contribution in [0.15, 0.2) is 24.3 Å². The van der Waals surface area contributed by atoms with Crippen molar-refractivity contribution >= 4 is 11.8 Å². The second kappa shape index (κ2) is 4.42. The Morgan fingerprint density at radius 1 is 1.38 bits per heavy atom. The van der Waals surface area contributed by atoms with Crippen LogP contribution in [0.5, 0.6) is 0 Å². The third-order valence-electron chi connectivity index (χ3n) is 4.09. The molecule has 3 rings (SSSR count). The molecule has 1 nitrogen and oxygen atoms in total. The van der Waals surface area contributed by atoms with E-state index in [4.69, 9.17) is 5.73 Å². The second-order valence-corrected chi connectivity index (χ2v) is 6.27. The van der Waals surface area contributed by atoms with Crippen LogP contribution in [0.4, 0.5) is 0 Å². The zero-order chi connectivity index (χ0) is 11.0. The molecule has 1 aliphatic heterocycles. The molecule has 2 aliphatic rings. The number of fused-ring (bicyclic) bond motifs is 1. The van der Waals surface area contributed by atoms with Crippen LogP contribution in [0.25, 0.3) is 0 Å². The minimum absolute atomic E-state index is 0.424. The SMILES string of the molecule is NC(CC1Cc2ccccc21)C1CCSC1. The van der Waals surface area contributed by atoms with Crippen molar-refractivity contribution in [2.45, 2.75) is 31.2 Å². The molecule has 0 spiro atoms. The molecule has 0 bridgehead atoms. The molecular formula is C14H19NS. The minimum atomic E-state index is 0.424. The summed E-state index contributed by atoms with van der Waals surface area (Å²) >= 11 is 2.07. The first-order chi connectivity index (χ1) is 7.84. The summed E-state index contributed by atoms with van der Waals surface area (Å²) in [6, 6.07) is 9.25. The molecule has 1 aromatic carbocycles. The lowest BCUT2D eigenvalue weighted by Gasteiger charge is -2.33. The van der Waals surface area contributed by atoms with Gasteiger partial charge in [0.2, 0.25) is 0 Å². The van der Waals surface area contributed by atoms with Crippen LogP contribution >= 0.6 is 11.8 Å². The predicted octanol–water partition coefficient (Wildman–Crippen LogP) is 2.80. The quantitative estimate of drug-likeness (QED) is 0.869. The maximum absolute atomic E-state index is 6.33. The molecule has 0 saturated carbocycles. The Morgan fingerprint density at radius 2 is 2.25 bits per heavy atom. The molecule has 2 heteroatoms. The number of hydrogen-bond acceptors (Lipinski definition) is 2. The van der Waals surface area contributed by atoms with Gasteiger partial charge in [-0.25, -0.2) is 0 Å². The smallest absolute Gasteiger partial charge is 0.00812 e. The summed E-state index contributed by atoms with van der Waals surface area (Å²) in [6.07, 6.45) is 3.78. The van der Waals surface area contributed by atoms with Crippen LogP contribution in [0, 0.1) is 5.92 Å². The van der Waals surface area contributed by atoms with Gasteiger partial charge in [0, 0.05) is 6.04 Å². The molecule has 86 valence electrons. The third-order valence-corrected chi connectivity index (χ3v) is 5.28. The number of thioether (sulfide) groups is 1. The van der Waals surface area contributed by atoms with Gasteiger partial charge in [-0.15, -0.1) is 0 Å². The molecule has 2 N–H and O–H groups in total. The van der Waals surface area contributed by atoms with Gasteiger partial charge in [-0.1, -0.05) is 24.3 Å². The van der Waals surface area contributed by atoms with Crippen molar-refractivity contribution in [3.05, 3.63) is 35.4 Å². The molecule has 0 amide bonds. The van der Waals surface area contributed by atoms with E-state index in [0.717, 1.165) is 11.8 Å². The van der Waals surface area contributed by atoms with E-state index in [1.807, 2.05) is 0 Å². The van der Waals surface area contributed by atoms with Gasteiger partial charge < -0.3 is 5.73 Å². The van der Waals surface area contributed by atoms with Gasteiger partial charge >= 0.3 is 0 Å². The first-order valence-electron chi connectivity index (χ1n) is 6.25. The van der Waals surface area contributed by atoms with E-state index in [2.05, 4.69) is 36.0 Å². The van der Waals surface area contributed by atoms with E-state index in [1.54, 1.807) is 11.1 Å². The molecule has 3 unspecified atom stereocenters. The predicted molar refractivity (Wildman–Crippen MR) is 70.9 cm³/mol. The highest BCUT2D eigenvalue weighted by molar-refractivity contribution is 7.99.